The number of fused-ring (bicyclic) bond motifs is 1. The molecule has 0 radical (unpaired) electrons. The maximum atomic E-state index is 11.6. The van der Waals surface area contributed by atoms with Crippen LogP contribution in [0.5, 0.6) is 5.75 Å². The van der Waals surface area contributed by atoms with Crippen LogP contribution in [-0.4, -0.2) is 20.0 Å². The summed E-state index contributed by atoms with van der Waals surface area (Å²) < 4.78 is 28.9. The molecule has 0 bridgehead atoms. The van der Waals surface area contributed by atoms with Gasteiger partial charge < -0.3 is 4.74 Å². The van der Waals surface area contributed by atoms with E-state index in [9.17, 15) is 8.42 Å². The van der Waals surface area contributed by atoms with Gasteiger partial charge in [-0.3, -0.25) is 4.98 Å². The van der Waals surface area contributed by atoms with Crippen LogP contribution in [-0.2, 0) is 9.05 Å². The van der Waals surface area contributed by atoms with Crippen molar-refractivity contribution in [1.29, 1.82) is 0 Å². The Balaban J connectivity index is 2.26. The molecule has 1 heterocycles. The van der Waals surface area contributed by atoms with Crippen LogP contribution >= 0.6 is 10.7 Å². The van der Waals surface area contributed by atoms with Crippen LogP contribution in [0.15, 0.2) is 35.4 Å². The predicted molar refractivity (Wildman–Crippen MR) is 84.4 cm³/mol. The summed E-state index contributed by atoms with van der Waals surface area (Å²) in [5.41, 5.74) is 0.523. The first-order valence-electron chi connectivity index (χ1n) is 6.99. The van der Waals surface area contributed by atoms with Gasteiger partial charge in [-0.25, -0.2) is 8.42 Å². The molecule has 4 nitrogen and oxygen atoms in total. The lowest BCUT2D eigenvalue weighted by molar-refractivity contribution is 0.308. The molecule has 0 atom stereocenters. The van der Waals surface area contributed by atoms with Gasteiger partial charge in [-0.1, -0.05) is 26.2 Å². The fraction of sp³-hybridized carbons (Fsp3) is 0.400. The van der Waals surface area contributed by atoms with E-state index in [0.29, 0.717) is 23.3 Å². The molecule has 0 fully saturated rings. The number of hydrogen-bond acceptors (Lipinski definition) is 4. The summed E-state index contributed by atoms with van der Waals surface area (Å²) in [6.07, 6.45) is 6.06. The second-order valence-electron chi connectivity index (χ2n) is 4.81. The Morgan fingerprint density at radius 2 is 2.00 bits per heavy atom. The first kappa shape index (κ1) is 16.0. The van der Waals surface area contributed by atoms with Gasteiger partial charge in [0.1, 0.15) is 11.3 Å². The molecule has 0 aliphatic carbocycles. The van der Waals surface area contributed by atoms with Gasteiger partial charge in [0.25, 0.3) is 9.05 Å². The van der Waals surface area contributed by atoms with Crippen molar-refractivity contribution in [1.82, 2.24) is 4.98 Å². The molecule has 21 heavy (non-hydrogen) atoms. The minimum absolute atomic E-state index is 0.0607. The zero-order chi connectivity index (χ0) is 15.3. The Hall–Kier alpha value is -1.33. The van der Waals surface area contributed by atoms with Gasteiger partial charge in [0.05, 0.1) is 11.5 Å². The number of aromatic nitrogens is 1. The van der Waals surface area contributed by atoms with Gasteiger partial charge in [-0.05, 0) is 30.7 Å². The van der Waals surface area contributed by atoms with Gasteiger partial charge in [0.2, 0.25) is 0 Å². The summed E-state index contributed by atoms with van der Waals surface area (Å²) in [5, 5.41) is 0.485. The van der Waals surface area contributed by atoms with Crippen LogP contribution in [0.25, 0.3) is 10.9 Å². The second-order valence-corrected chi connectivity index (χ2v) is 7.34. The number of rotatable bonds is 7. The summed E-state index contributed by atoms with van der Waals surface area (Å²) in [5.74, 6) is 0.589. The first-order chi connectivity index (χ1) is 10.0. The third-order valence-corrected chi connectivity index (χ3v) is 4.59. The van der Waals surface area contributed by atoms with E-state index in [4.69, 9.17) is 15.4 Å². The molecule has 6 heteroatoms. The molecule has 0 aliphatic heterocycles. The second kappa shape index (κ2) is 7.09. The van der Waals surface area contributed by atoms with E-state index < -0.39 is 9.05 Å². The quantitative estimate of drug-likeness (QED) is 0.567. The first-order valence-corrected chi connectivity index (χ1v) is 9.30. The van der Waals surface area contributed by atoms with E-state index in [0.717, 1.165) is 12.8 Å². The van der Waals surface area contributed by atoms with Crippen LogP contribution in [0.4, 0.5) is 0 Å². The Morgan fingerprint density at radius 3 is 2.71 bits per heavy atom. The van der Waals surface area contributed by atoms with E-state index in [2.05, 4.69) is 11.9 Å². The van der Waals surface area contributed by atoms with Crippen molar-refractivity contribution in [2.75, 3.05) is 6.61 Å². The Bertz CT molecular complexity index is 716. The van der Waals surface area contributed by atoms with Crippen LogP contribution in [0, 0.1) is 0 Å². The van der Waals surface area contributed by atoms with Crippen LogP contribution in [0.1, 0.15) is 32.6 Å². The lowest BCUT2D eigenvalue weighted by atomic mass is 10.2. The molecule has 0 saturated carbocycles. The number of benzene rings is 1. The zero-order valence-electron chi connectivity index (χ0n) is 11.9. The van der Waals surface area contributed by atoms with Crippen molar-refractivity contribution >= 4 is 30.6 Å². The standard InChI is InChI=1S/C15H18ClNO3S/c1-2-3-4-5-11-20-13-8-9-14(21(16,18)19)12-7-6-10-17-15(12)13/h6-10H,2-5,11H2,1H3. The fourth-order valence-electron chi connectivity index (χ4n) is 2.16. The Labute approximate surface area is 129 Å². The van der Waals surface area contributed by atoms with Crippen molar-refractivity contribution in [2.45, 2.75) is 37.5 Å². The molecular formula is C15H18ClNO3S. The van der Waals surface area contributed by atoms with E-state index in [1.807, 2.05) is 0 Å². The Kier molecular flexibility index (Phi) is 5.42. The highest BCUT2D eigenvalue weighted by Gasteiger charge is 2.17. The smallest absolute Gasteiger partial charge is 0.261 e. The Morgan fingerprint density at radius 1 is 1.19 bits per heavy atom. The van der Waals surface area contributed by atoms with E-state index in [1.54, 1.807) is 24.4 Å². The summed E-state index contributed by atoms with van der Waals surface area (Å²) in [7, 11) is 1.65. The fourth-order valence-corrected chi connectivity index (χ4v) is 3.22. The van der Waals surface area contributed by atoms with E-state index in [1.165, 1.54) is 18.9 Å². The predicted octanol–water partition coefficient (Wildman–Crippen LogP) is 4.12. The molecule has 0 N–H and O–H groups in total. The molecule has 0 amide bonds. The lowest BCUT2D eigenvalue weighted by Gasteiger charge is -2.10. The molecule has 114 valence electrons. The average Bonchev–Trinajstić information content (AvgIpc) is 2.45. The monoisotopic (exact) mass is 327 g/mol. The summed E-state index contributed by atoms with van der Waals surface area (Å²) in [6.45, 7) is 2.75. The summed E-state index contributed by atoms with van der Waals surface area (Å²) in [4.78, 5) is 4.28. The summed E-state index contributed by atoms with van der Waals surface area (Å²) in [6, 6.07) is 6.44. The normalized spacial score (nSPS) is 11.7. The maximum absolute atomic E-state index is 11.6. The molecule has 1 aromatic heterocycles. The van der Waals surface area contributed by atoms with Crippen molar-refractivity contribution in [2.24, 2.45) is 0 Å². The maximum Gasteiger partial charge on any atom is 0.261 e. The zero-order valence-corrected chi connectivity index (χ0v) is 13.5. The molecule has 1 aromatic carbocycles. The molecule has 0 aliphatic rings. The van der Waals surface area contributed by atoms with Crippen molar-refractivity contribution in [3.63, 3.8) is 0 Å². The third kappa shape index (κ3) is 4.08. The number of unbranched alkanes of at least 4 members (excludes halogenated alkanes) is 3. The highest BCUT2D eigenvalue weighted by molar-refractivity contribution is 8.14. The van der Waals surface area contributed by atoms with Gasteiger partial charge in [-0.2, -0.15) is 0 Å². The number of pyridine rings is 1. The largest absolute Gasteiger partial charge is 0.491 e. The van der Waals surface area contributed by atoms with Crippen LogP contribution < -0.4 is 4.74 Å². The third-order valence-electron chi connectivity index (χ3n) is 3.21. The molecule has 2 rings (SSSR count). The molecule has 0 spiro atoms. The van der Waals surface area contributed by atoms with Gasteiger partial charge >= 0.3 is 0 Å². The summed E-state index contributed by atoms with van der Waals surface area (Å²) >= 11 is 0. The van der Waals surface area contributed by atoms with Crippen molar-refractivity contribution in [3.05, 3.63) is 30.5 Å². The number of ether oxygens (including phenoxy) is 1. The van der Waals surface area contributed by atoms with Gasteiger partial charge in [-0.15, -0.1) is 0 Å². The van der Waals surface area contributed by atoms with E-state index >= 15 is 0 Å². The van der Waals surface area contributed by atoms with Crippen molar-refractivity contribution < 1.29 is 13.2 Å². The highest BCUT2D eigenvalue weighted by atomic mass is 35.7. The van der Waals surface area contributed by atoms with Crippen LogP contribution in [0.2, 0.25) is 0 Å². The average molecular weight is 328 g/mol. The van der Waals surface area contributed by atoms with Gasteiger partial charge in [0.15, 0.2) is 0 Å². The van der Waals surface area contributed by atoms with Crippen LogP contribution in [0.3, 0.4) is 0 Å². The SMILES string of the molecule is CCCCCCOc1ccc(S(=O)(=O)Cl)c2cccnc12. The minimum atomic E-state index is -3.80. The number of halogens is 1. The van der Waals surface area contributed by atoms with Gasteiger partial charge in [0, 0.05) is 22.3 Å². The van der Waals surface area contributed by atoms with Crippen molar-refractivity contribution in [3.8, 4) is 5.75 Å². The molecular weight excluding hydrogens is 310 g/mol. The lowest BCUT2D eigenvalue weighted by Crippen LogP contribution is -2.00. The van der Waals surface area contributed by atoms with E-state index in [-0.39, 0.29) is 4.90 Å². The minimum Gasteiger partial charge on any atom is -0.491 e. The highest BCUT2D eigenvalue weighted by Crippen LogP contribution is 2.31. The molecule has 0 saturated heterocycles. The molecule has 2 aromatic rings. The topological polar surface area (TPSA) is 56.3 Å². The number of nitrogens with zero attached hydrogens (tertiary/aromatic N) is 1. The number of hydrogen-bond donors (Lipinski definition) is 0. The molecule has 0 unspecified atom stereocenters.